The van der Waals surface area contributed by atoms with Gasteiger partial charge in [0.1, 0.15) is 5.82 Å². The van der Waals surface area contributed by atoms with Gasteiger partial charge >= 0.3 is 0 Å². The molecule has 0 unspecified atom stereocenters. The average molecular weight is 675 g/mol. The van der Waals surface area contributed by atoms with Crippen LogP contribution in [-0.4, -0.2) is 19.1 Å². The molecule has 1 aliphatic heterocycles. The number of aromatic nitrogens is 4. The molecule has 0 spiro atoms. The van der Waals surface area contributed by atoms with Gasteiger partial charge in [0, 0.05) is 40.1 Å². The van der Waals surface area contributed by atoms with Crippen LogP contribution in [0.25, 0.3) is 34.0 Å². The fourth-order valence-electron chi connectivity index (χ4n) is 7.59. The Morgan fingerprint density at radius 1 is 0.404 bits per heavy atom. The van der Waals surface area contributed by atoms with Crippen LogP contribution in [0.5, 0.6) is 0 Å². The summed E-state index contributed by atoms with van der Waals surface area (Å²) in [5, 5.41) is 0. The monoisotopic (exact) mass is 674 g/mol. The molecule has 2 aromatic heterocycles. The molecule has 0 amide bonds. The highest BCUT2D eigenvalue weighted by Gasteiger charge is 2.26. The number of aryl methyl sites for hydroxylation is 4. The molecular weight excluding hydrogens is 637 g/mol. The Bertz CT molecular complexity index is 2540. The second kappa shape index (κ2) is 12.6. The topological polar surface area (TPSA) is 42.1 Å². The van der Waals surface area contributed by atoms with E-state index in [2.05, 4.69) is 205 Å². The van der Waals surface area contributed by atoms with Gasteiger partial charge in [-0.05, 0) is 98.5 Å². The molecule has 252 valence electrons. The summed E-state index contributed by atoms with van der Waals surface area (Å²) in [6.07, 6.45) is 4.36. The molecule has 0 radical (unpaired) electrons. The Morgan fingerprint density at radius 2 is 0.885 bits per heavy atom. The number of imidazole rings is 2. The van der Waals surface area contributed by atoms with Gasteiger partial charge in [-0.2, -0.15) is 0 Å². The zero-order chi connectivity index (χ0) is 35.3. The number of hydrogen-bond acceptors (Lipinski definition) is 4. The number of anilines is 6. The van der Waals surface area contributed by atoms with E-state index in [9.17, 15) is 0 Å². The molecule has 6 aromatic carbocycles. The Balaban J connectivity index is 1.40. The molecule has 0 fully saturated rings. The summed E-state index contributed by atoms with van der Waals surface area (Å²) in [4.78, 5) is 15.5. The number of nitrogens with zero attached hydrogens (tertiary/aromatic N) is 6. The fourth-order valence-corrected chi connectivity index (χ4v) is 7.59. The van der Waals surface area contributed by atoms with Crippen molar-refractivity contribution in [2.45, 2.75) is 27.7 Å². The van der Waals surface area contributed by atoms with Gasteiger partial charge in [0.05, 0.1) is 23.3 Å². The maximum absolute atomic E-state index is 5.49. The van der Waals surface area contributed by atoms with Gasteiger partial charge in [-0.3, -0.25) is 18.9 Å². The van der Waals surface area contributed by atoms with Gasteiger partial charge in [0.15, 0.2) is 5.82 Å². The van der Waals surface area contributed by atoms with Crippen LogP contribution >= 0.6 is 0 Å². The average Bonchev–Trinajstić information content (AvgIpc) is 3.78. The van der Waals surface area contributed by atoms with Crippen LogP contribution in [0.2, 0.25) is 0 Å². The third kappa shape index (κ3) is 5.28. The summed E-state index contributed by atoms with van der Waals surface area (Å²) in [7, 11) is 0. The Morgan fingerprint density at radius 3 is 1.50 bits per heavy atom. The van der Waals surface area contributed by atoms with Crippen LogP contribution in [0.4, 0.5) is 34.5 Å². The highest BCUT2D eigenvalue weighted by Crippen LogP contribution is 2.43. The van der Waals surface area contributed by atoms with Crippen molar-refractivity contribution in [2.75, 3.05) is 9.80 Å². The first-order valence-electron chi connectivity index (χ1n) is 17.7. The largest absolute Gasteiger partial charge is 0.297 e. The summed E-state index contributed by atoms with van der Waals surface area (Å²) in [5.41, 5.74) is 13.9. The fraction of sp³-hybridized carbons (Fsp3) is 0.0870. The first-order valence-corrected chi connectivity index (χ1v) is 17.7. The number of fused-ring (bicyclic) bond motifs is 10. The number of hydrogen-bond donors (Lipinski definition) is 0. The third-order valence-corrected chi connectivity index (χ3v) is 9.96. The molecule has 6 nitrogen and oxygen atoms in total. The van der Waals surface area contributed by atoms with E-state index in [0.29, 0.717) is 0 Å². The lowest BCUT2D eigenvalue weighted by Gasteiger charge is -2.26. The van der Waals surface area contributed by atoms with E-state index in [1.54, 1.807) is 0 Å². The summed E-state index contributed by atoms with van der Waals surface area (Å²) >= 11 is 0. The number of benzene rings is 6. The maximum atomic E-state index is 5.49. The second-order valence-electron chi connectivity index (χ2n) is 13.5. The van der Waals surface area contributed by atoms with Crippen LogP contribution in [0.15, 0.2) is 158 Å². The zero-order valence-electron chi connectivity index (χ0n) is 29.7. The first-order chi connectivity index (χ1) is 25.4. The molecule has 8 aromatic rings. The smallest absolute Gasteiger partial charge is 0.220 e. The number of rotatable bonds is 4. The van der Waals surface area contributed by atoms with Crippen LogP contribution in [-0.2, 0) is 0 Å². The van der Waals surface area contributed by atoms with Crippen LogP contribution in [0.1, 0.15) is 22.3 Å². The predicted octanol–water partition coefficient (Wildman–Crippen LogP) is 11.9. The zero-order valence-corrected chi connectivity index (χ0v) is 29.7. The summed E-state index contributed by atoms with van der Waals surface area (Å²) in [5.74, 6) is 2.48. The van der Waals surface area contributed by atoms with Crippen LogP contribution in [0.3, 0.4) is 0 Å². The van der Waals surface area contributed by atoms with Crippen molar-refractivity contribution in [1.29, 1.82) is 0 Å². The van der Waals surface area contributed by atoms with Crippen LogP contribution in [0, 0.1) is 27.7 Å². The molecule has 3 heterocycles. The van der Waals surface area contributed by atoms with E-state index in [1.807, 2.05) is 0 Å². The molecule has 6 heteroatoms. The summed E-state index contributed by atoms with van der Waals surface area (Å²) < 4.78 is 4.52. The molecule has 1 aliphatic rings. The van der Waals surface area contributed by atoms with Gasteiger partial charge in [-0.25, -0.2) is 9.97 Å². The summed E-state index contributed by atoms with van der Waals surface area (Å²) in [6.45, 7) is 8.69. The normalized spacial score (nSPS) is 12.2. The molecule has 9 rings (SSSR count). The van der Waals surface area contributed by atoms with E-state index in [0.717, 1.165) is 68.5 Å². The minimum Gasteiger partial charge on any atom is -0.297 e. The van der Waals surface area contributed by atoms with E-state index < -0.39 is 0 Å². The number of para-hydroxylation sites is 4. The van der Waals surface area contributed by atoms with Crippen molar-refractivity contribution < 1.29 is 0 Å². The molecule has 52 heavy (non-hydrogen) atoms. The minimum absolute atomic E-state index is 0.803. The second-order valence-corrected chi connectivity index (χ2v) is 13.5. The molecular formula is C46H38N6. The van der Waals surface area contributed by atoms with Gasteiger partial charge in [-0.15, -0.1) is 0 Å². The molecule has 0 aliphatic carbocycles. The van der Waals surface area contributed by atoms with Crippen molar-refractivity contribution >= 4 is 34.5 Å². The minimum atomic E-state index is 0.803. The Kier molecular flexibility index (Phi) is 7.58. The molecule has 8 bridgehead atoms. The van der Waals surface area contributed by atoms with Crippen molar-refractivity contribution in [1.82, 2.24) is 19.1 Å². The summed E-state index contributed by atoms with van der Waals surface area (Å²) in [6, 6.07) is 51.3. The SMILES string of the molecule is Cc1cccc(C)c1-n1cc2nc1-c1cccc(c1)N(c1ccccc1)c1nc(cn1-c1c(C)cccc1C)-c1cccc(c1)N2c1ccccc1. The van der Waals surface area contributed by atoms with Crippen molar-refractivity contribution in [2.24, 2.45) is 0 Å². The van der Waals surface area contributed by atoms with Crippen LogP contribution < -0.4 is 9.80 Å². The van der Waals surface area contributed by atoms with Gasteiger partial charge in [0.2, 0.25) is 5.95 Å². The van der Waals surface area contributed by atoms with E-state index in [4.69, 9.17) is 9.97 Å². The first kappa shape index (κ1) is 31.3. The lowest BCUT2D eigenvalue weighted by atomic mass is 10.1. The van der Waals surface area contributed by atoms with Gasteiger partial charge in [-0.1, -0.05) is 97.1 Å². The molecule has 0 saturated heterocycles. The Hall–Kier alpha value is -6.66. The van der Waals surface area contributed by atoms with E-state index in [-0.39, 0.29) is 0 Å². The lowest BCUT2D eigenvalue weighted by Crippen LogP contribution is -2.16. The van der Waals surface area contributed by atoms with Crippen molar-refractivity contribution in [3.8, 4) is 34.0 Å². The third-order valence-electron chi connectivity index (χ3n) is 9.96. The van der Waals surface area contributed by atoms with Gasteiger partial charge in [0.25, 0.3) is 0 Å². The van der Waals surface area contributed by atoms with Crippen molar-refractivity contribution in [3.63, 3.8) is 0 Å². The highest BCUT2D eigenvalue weighted by molar-refractivity contribution is 5.83. The Labute approximate surface area is 304 Å². The molecule has 0 saturated carbocycles. The van der Waals surface area contributed by atoms with Crippen molar-refractivity contribution in [3.05, 3.63) is 180 Å². The standard InChI is InChI=1S/C46H38N6/c1-31-15-11-16-32(2)43(31)49-30-42-48-45(49)36-20-14-26-40(28-36)52(38-23-9-6-10-24-38)46-47-41(29-50(46)44-33(3)17-12-18-34(44)4)35-19-13-25-39(27-35)51(42)37-21-7-5-8-22-37/h5-30H,1-4H3. The molecule has 0 N–H and O–H groups in total. The molecule has 0 atom stereocenters. The highest BCUT2D eigenvalue weighted by atomic mass is 15.3. The van der Waals surface area contributed by atoms with Gasteiger partial charge < -0.3 is 0 Å². The maximum Gasteiger partial charge on any atom is 0.220 e. The lowest BCUT2D eigenvalue weighted by molar-refractivity contribution is 0.988. The van der Waals surface area contributed by atoms with E-state index in [1.165, 1.54) is 22.3 Å². The van der Waals surface area contributed by atoms with E-state index >= 15 is 0 Å². The quantitative estimate of drug-likeness (QED) is 0.186. The predicted molar refractivity (Wildman–Crippen MR) is 213 cm³/mol.